The summed E-state index contributed by atoms with van der Waals surface area (Å²) in [6.45, 7) is 6.83. The van der Waals surface area contributed by atoms with Crippen LogP contribution < -0.4 is 10.6 Å². The van der Waals surface area contributed by atoms with E-state index in [1.165, 1.54) is 0 Å². The number of nitrogens with one attached hydrogen (secondary N) is 2. The quantitative estimate of drug-likeness (QED) is 0.0783. The van der Waals surface area contributed by atoms with Crippen molar-refractivity contribution in [3.05, 3.63) is 29.3 Å². The molecule has 3 N–H and O–H groups in total. The summed E-state index contributed by atoms with van der Waals surface area (Å²) in [6.07, 6.45) is 6.57. The lowest BCUT2D eigenvalue weighted by Gasteiger charge is -2.27. The van der Waals surface area contributed by atoms with Crippen molar-refractivity contribution in [1.82, 2.24) is 10.2 Å². The molecule has 2 heterocycles. The number of anilines is 1. The lowest BCUT2D eigenvalue weighted by atomic mass is 10.0. The number of rotatable bonds is 30. The Balaban J connectivity index is 1.06. The van der Waals surface area contributed by atoms with Crippen molar-refractivity contribution in [2.24, 2.45) is 0 Å². The Hall–Kier alpha value is -3.47. The molecule has 50 heavy (non-hydrogen) atoms. The number of ether oxygens (including phenoxy) is 6. The van der Waals surface area contributed by atoms with Crippen LogP contribution in [0.1, 0.15) is 84.9 Å². The van der Waals surface area contributed by atoms with Gasteiger partial charge in [-0.1, -0.05) is 25.3 Å². The lowest BCUT2D eigenvalue weighted by Crippen LogP contribution is -2.54. The van der Waals surface area contributed by atoms with Gasteiger partial charge in [-0.2, -0.15) is 0 Å². The molecule has 0 bridgehead atoms. The summed E-state index contributed by atoms with van der Waals surface area (Å²) in [5.41, 5.74) is 1.11. The Labute approximate surface area is 293 Å². The molecule has 1 aromatic rings. The number of hydrogen-bond acceptors (Lipinski definition) is 12. The second-order valence-corrected chi connectivity index (χ2v) is 11.9. The number of aliphatic carboxylic acids is 1. The van der Waals surface area contributed by atoms with Crippen LogP contribution in [0.25, 0.3) is 0 Å². The second-order valence-electron chi connectivity index (χ2n) is 11.9. The zero-order valence-electron chi connectivity index (χ0n) is 29.0. The summed E-state index contributed by atoms with van der Waals surface area (Å²) in [5.74, 6) is -2.81. The summed E-state index contributed by atoms with van der Waals surface area (Å²) in [4.78, 5) is 61.3. The minimum atomic E-state index is -0.982. The van der Waals surface area contributed by atoms with Crippen LogP contribution in [0.2, 0.25) is 0 Å². The van der Waals surface area contributed by atoms with E-state index in [-0.39, 0.29) is 30.4 Å². The summed E-state index contributed by atoms with van der Waals surface area (Å²) in [5, 5.41) is 14.1. The van der Waals surface area contributed by atoms with Crippen LogP contribution in [-0.4, -0.2) is 131 Å². The Morgan fingerprint density at radius 3 is 1.76 bits per heavy atom. The Morgan fingerprint density at radius 2 is 1.22 bits per heavy atom. The fourth-order valence-corrected chi connectivity index (χ4v) is 5.43. The van der Waals surface area contributed by atoms with Crippen LogP contribution in [0.4, 0.5) is 5.69 Å². The third kappa shape index (κ3) is 15.2. The molecular weight excluding hydrogens is 654 g/mol. The molecule has 280 valence electrons. The van der Waals surface area contributed by atoms with Gasteiger partial charge < -0.3 is 38.8 Å². The van der Waals surface area contributed by atoms with E-state index in [1.807, 2.05) is 0 Å². The predicted molar refractivity (Wildman–Crippen MR) is 181 cm³/mol. The number of carboxylic acids is 1. The van der Waals surface area contributed by atoms with Gasteiger partial charge in [0, 0.05) is 38.3 Å². The molecule has 0 spiro atoms. The van der Waals surface area contributed by atoms with Gasteiger partial charge in [0.05, 0.1) is 77.2 Å². The number of unbranched alkanes of at least 4 members (excludes halogenated alkanes) is 5. The fraction of sp³-hybridized carbons (Fsp3) is 0.686. The predicted octanol–water partition coefficient (Wildman–Crippen LogP) is 2.80. The largest absolute Gasteiger partial charge is 0.481 e. The molecular formula is C35H53N3O12. The topological polar surface area (TPSA) is 188 Å². The number of carbonyl (C=O) groups is 5. The van der Waals surface area contributed by atoms with E-state index >= 15 is 0 Å². The number of hydrogen-bond donors (Lipinski definition) is 3. The first kappa shape index (κ1) is 41.0. The zero-order valence-corrected chi connectivity index (χ0v) is 29.0. The van der Waals surface area contributed by atoms with E-state index in [0.717, 1.165) is 43.4 Å². The van der Waals surface area contributed by atoms with E-state index in [2.05, 4.69) is 10.6 Å². The van der Waals surface area contributed by atoms with Crippen molar-refractivity contribution in [3.8, 4) is 0 Å². The fourth-order valence-electron chi connectivity index (χ4n) is 5.43. The van der Waals surface area contributed by atoms with Crippen molar-refractivity contribution < 1.29 is 57.5 Å². The van der Waals surface area contributed by atoms with Crippen molar-refractivity contribution in [2.75, 3.05) is 91.1 Å². The van der Waals surface area contributed by atoms with Crippen molar-refractivity contribution in [1.29, 1.82) is 0 Å². The van der Waals surface area contributed by atoms with Gasteiger partial charge in [0.25, 0.3) is 11.8 Å². The minimum Gasteiger partial charge on any atom is -0.481 e. The molecule has 4 amide bonds. The molecule has 1 atom stereocenters. The molecule has 2 aliphatic rings. The smallest absolute Gasteiger partial charge is 0.303 e. The Kier molecular flexibility index (Phi) is 20.2. The third-order valence-electron chi connectivity index (χ3n) is 8.04. The molecule has 0 radical (unpaired) electrons. The first-order valence-corrected chi connectivity index (χ1v) is 17.7. The summed E-state index contributed by atoms with van der Waals surface area (Å²) < 4.78 is 33.0. The van der Waals surface area contributed by atoms with Gasteiger partial charge in [0.2, 0.25) is 11.8 Å². The summed E-state index contributed by atoms with van der Waals surface area (Å²) >= 11 is 0. The van der Waals surface area contributed by atoms with Gasteiger partial charge in [-0.15, -0.1) is 0 Å². The molecule has 15 nitrogen and oxygen atoms in total. The number of benzene rings is 1. The van der Waals surface area contributed by atoms with Crippen molar-refractivity contribution >= 4 is 35.3 Å². The van der Waals surface area contributed by atoms with Crippen LogP contribution in [0.3, 0.4) is 0 Å². The number of nitrogens with zero attached hydrogens (tertiary/aromatic N) is 1. The van der Waals surface area contributed by atoms with Crippen LogP contribution >= 0.6 is 0 Å². The zero-order chi connectivity index (χ0) is 35.8. The minimum absolute atomic E-state index is 0.0845. The highest BCUT2D eigenvalue weighted by atomic mass is 16.6. The van der Waals surface area contributed by atoms with E-state index in [9.17, 15) is 24.0 Å². The molecule has 15 heteroatoms. The maximum atomic E-state index is 13.2. The van der Waals surface area contributed by atoms with Gasteiger partial charge in [0.1, 0.15) is 6.04 Å². The van der Waals surface area contributed by atoms with E-state index < -0.39 is 35.6 Å². The first-order valence-electron chi connectivity index (χ1n) is 17.7. The van der Waals surface area contributed by atoms with E-state index in [4.69, 9.17) is 33.5 Å². The monoisotopic (exact) mass is 707 g/mol. The highest BCUT2D eigenvalue weighted by molar-refractivity contribution is 6.25. The van der Waals surface area contributed by atoms with Gasteiger partial charge in [-0.25, -0.2) is 0 Å². The molecule has 0 saturated carbocycles. The highest BCUT2D eigenvalue weighted by Crippen LogP contribution is 2.32. The van der Waals surface area contributed by atoms with Crippen molar-refractivity contribution in [2.45, 2.75) is 70.3 Å². The number of fused-ring (bicyclic) bond motifs is 1. The maximum Gasteiger partial charge on any atom is 0.303 e. The molecule has 1 fully saturated rings. The lowest BCUT2D eigenvalue weighted by molar-refractivity contribution is -0.138. The molecule has 2 aliphatic heterocycles. The highest BCUT2D eigenvalue weighted by Gasteiger charge is 2.45. The van der Waals surface area contributed by atoms with Crippen molar-refractivity contribution in [3.63, 3.8) is 0 Å². The Morgan fingerprint density at radius 1 is 0.700 bits per heavy atom. The second kappa shape index (κ2) is 24.6. The molecule has 1 saturated heterocycles. The summed E-state index contributed by atoms with van der Waals surface area (Å²) in [6, 6.07) is 4.07. The number of imide groups is 2. The maximum absolute atomic E-state index is 13.2. The van der Waals surface area contributed by atoms with Crippen LogP contribution in [0, 0.1) is 0 Å². The molecule has 0 aromatic heterocycles. The van der Waals surface area contributed by atoms with Gasteiger partial charge in [-0.3, -0.25) is 34.2 Å². The van der Waals surface area contributed by atoms with Crippen LogP contribution in [0.15, 0.2) is 18.2 Å². The average molecular weight is 708 g/mol. The van der Waals surface area contributed by atoms with Gasteiger partial charge in [-0.05, 0) is 44.2 Å². The average Bonchev–Trinajstić information content (AvgIpc) is 3.35. The van der Waals surface area contributed by atoms with Crippen LogP contribution in [-0.2, 0) is 42.8 Å². The first-order chi connectivity index (χ1) is 24.4. The number of carboxylic acid groups (broad SMARTS) is 1. The molecule has 3 rings (SSSR count). The standard InChI is InChI=1S/C35H53N3O12/c39-30-13-12-29(33(42)37-30)38-34(43)27-9-8-10-28(32(27)35(38)44)36-14-5-1-2-6-15-45-17-19-47-21-23-49-25-26-50-24-22-48-20-18-46-16-7-3-4-11-31(40)41/h8-10,29,36H,1-7,11-26H2,(H,40,41)(H,37,39,42). The van der Waals surface area contributed by atoms with Gasteiger partial charge in [0.15, 0.2) is 0 Å². The van der Waals surface area contributed by atoms with E-state index in [1.54, 1.807) is 18.2 Å². The number of piperidine rings is 1. The molecule has 1 unspecified atom stereocenters. The van der Waals surface area contributed by atoms with E-state index in [0.29, 0.717) is 97.9 Å². The molecule has 1 aromatic carbocycles. The summed E-state index contributed by atoms with van der Waals surface area (Å²) in [7, 11) is 0. The number of carbonyl (C=O) groups excluding carboxylic acids is 4. The van der Waals surface area contributed by atoms with Crippen LogP contribution in [0.5, 0.6) is 0 Å². The van der Waals surface area contributed by atoms with Gasteiger partial charge >= 0.3 is 5.97 Å². The normalized spacial score (nSPS) is 15.8. The SMILES string of the molecule is O=C(O)CCCCCOCCOCCOCCOCCOCCOCCCCCCNc1cccc2c1C(=O)N(C1CCC(=O)NC1=O)C2=O. The Bertz CT molecular complexity index is 1210. The molecule has 0 aliphatic carbocycles. The third-order valence-corrected chi connectivity index (χ3v) is 8.04. The number of amides is 4.